The predicted molar refractivity (Wildman–Crippen MR) is 122 cm³/mol. The number of aromatic nitrogens is 4. The zero-order valence-electron chi connectivity index (χ0n) is 17.9. The standard InChI is InChI=1S/C22H27N5O3S/c1-14-10-16(12-23-11-14)21-24-25-22(26-31-13-17(28)15-6-4-7-15)27(21)20-18(29-2)8-5-9-19(20)30-3/h5,8-12,15,17,28H,4,6-7,13H2,1-3H3,(H,25,26). The summed E-state index contributed by atoms with van der Waals surface area (Å²) >= 11 is 1.42. The van der Waals surface area contributed by atoms with Crippen molar-refractivity contribution in [3.05, 3.63) is 42.2 Å². The predicted octanol–water partition coefficient (Wildman–Crippen LogP) is 3.88. The third kappa shape index (κ3) is 4.47. The van der Waals surface area contributed by atoms with Crippen LogP contribution in [0.25, 0.3) is 17.1 Å². The Hall–Kier alpha value is -2.78. The fraction of sp³-hybridized carbons (Fsp3) is 0.409. The van der Waals surface area contributed by atoms with Crippen molar-refractivity contribution < 1.29 is 14.6 Å². The number of aliphatic hydroxyl groups is 1. The largest absolute Gasteiger partial charge is 0.494 e. The number of anilines is 1. The zero-order valence-corrected chi connectivity index (χ0v) is 18.7. The molecule has 0 radical (unpaired) electrons. The molecule has 2 heterocycles. The molecule has 164 valence electrons. The molecule has 4 rings (SSSR count). The number of hydrogen-bond acceptors (Lipinski definition) is 8. The second kappa shape index (κ2) is 9.57. The number of pyridine rings is 1. The van der Waals surface area contributed by atoms with Crippen molar-refractivity contribution in [3.8, 4) is 28.6 Å². The lowest BCUT2D eigenvalue weighted by Crippen LogP contribution is -2.29. The van der Waals surface area contributed by atoms with Gasteiger partial charge in [-0.25, -0.2) is 0 Å². The van der Waals surface area contributed by atoms with E-state index in [1.54, 1.807) is 26.6 Å². The molecule has 1 atom stereocenters. The third-order valence-corrected chi connectivity index (χ3v) is 6.37. The Morgan fingerprint density at radius 3 is 2.55 bits per heavy atom. The number of rotatable bonds is 9. The van der Waals surface area contributed by atoms with E-state index < -0.39 is 0 Å². The first-order valence-electron chi connectivity index (χ1n) is 10.3. The van der Waals surface area contributed by atoms with E-state index in [4.69, 9.17) is 9.47 Å². The zero-order chi connectivity index (χ0) is 21.8. The molecule has 0 bridgehead atoms. The van der Waals surface area contributed by atoms with Gasteiger partial charge in [-0.1, -0.05) is 12.5 Å². The van der Waals surface area contributed by atoms with E-state index in [0.717, 1.165) is 24.0 Å². The minimum Gasteiger partial charge on any atom is -0.494 e. The number of methoxy groups -OCH3 is 2. The van der Waals surface area contributed by atoms with E-state index in [9.17, 15) is 5.11 Å². The van der Waals surface area contributed by atoms with Crippen LogP contribution < -0.4 is 14.2 Å². The lowest BCUT2D eigenvalue weighted by molar-refractivity contribution is 0.0818. The molecule has 31 heavy (non-hydrogen) atoms. The fourth-order valence-electron chi connectivity index (χ4n) is 3.63. The number of hydrogen-bond donors (Lipinski definition) is 2. The second-order valence-electron chi connectivity index (χ2n) is 7.62. The first-order valence-corrected chi connectivity index (χ1v) is 11.3. The summed E-state index contributed by atoms with van der Waals surface area (Å²) in [5.74, 6) is 3.36. The molecule has 8 nitrogen and oxygen atoms in total. The minimum absolute atomic E-state index is 0.330. The molecule has 0 spiro atoms. The van der Waals surface area contributed by atoms with Gasteiger partial charge in [0.2, 0.25) is 5.95 Å². The van der Waals surface area contributed by atoms with Crippen LogP contribution in [0.4, 0.5) is 5.95 Å². The second-order valence-corrected chi connectivity index (χ2v) is 8.44. The molecule has 2 aromatic heterocycles. The van der Waals surface area contributed by atoms with Crippen LogP contribution in [0, 0.1) is 12.8 Å². The normalized spacial score (nSPS) is 14.7. The van der Waals surface area contributed by atoms with Crippen LogP contribution in [0.3, 0.4) is 0 Å². The van der Waals surface area contributed by atoms with Gasteiger partial charge in [-0.3, -0.25) is 14.3 Å². The summed E-state index contributed by atoms with van der Waals surface area (Å²) in [5.41, 5.74) is 2.54. The number of nitrogens with one attached hydrogen (secondary N) is 1. The molecule has 1 saturated carbocycles. The van der Waals surface area contributed by atoms with Crippen molar-refractivity contribution in [3.63, 3.8) is 0 Å². The van der Waals surface area contributed by atoms with Crippen LogP contribution in [0.15, 0.2) is 36.7 Å². The Labute approximate surface area is 186 Å². The maximum atomic E-state index is 10.4. The van der Waals surface area contributed by atoms with Crippen LogP contribution >= 0.6 is 11.9 Å². The average molecular weight is 442 g/mol. The summed E-state index contributed by atoms with van der Waals surface area (Å²) in [5, 5.41) is 19.2. The van der Waals surface area contributed by atoms with Gasteiger partial charge in [0.05, 0.1) is 20.3 Å². The highest BCUT2D eigenvalue weighted by atomic mass is 32.2. The van der Waals surface area contributed by atoms with Gasteiger partial charge in [0.25, 0.3) is 0 Å². The SMILES string of the molecule is COc1cccc(OC)c1-n1c(NSCC(O)C2CCC2)nnc1-c1cncc(C)c1. The van der Waals surface area contributed by atoms with Crippen LogP contribution in [0.5, 0.6) is 11.5 Å². The molecule has 1 fully saturated rings. The van der Waals surface area contributed by atoms with E-state index in [-0.39, 0.29) is 6.10 Å². The molecule has 0 saturated heterocycles. The highest BCUT2D eigenvalue weighted by Crippen LogP contribution is 2.38. The molecule has 0 aliphatic heterocycles. The molecule has 1 aliphatic rings. The molecule has 1 unspecified atom stereocenters. The fourth-order valence-corrected chi connectivity index (χ4v) is 4.42. The molecular formula is C22H27N5O3S. The lowest BCUT2D eigenvalue weighted by Gasteiger charge is -2.29. The number of nitrogens with zero attached hydrogens (tertiary/aromatic N) is 4. The van der Waals surface area contributed by atoms with Gasteiger partial charge in [-0.05, 0) is 61.4 Å². The Morgan fingerprint density at radius 2 is 1.94 bits per heavy atom. The van der Waals surface area contributed by atoms with Crippen LogP contribution in [0.1, 0.15) is 24.8 Å². The number of aryl methyl sites for hydroxylation is 1. The average Bonchev–Trinajstić information content (AvgIpc) is 3.15. The van der Waals surface area contributed by atoms with Gasteiger partial charge in [0.15, 0.2) is 5.82 Å². The van der Waals surface area contributed by atoms with Crippen molar-refractivity contribution in [2.45, 2.75) is 32.3 Å². The van der Waals surface area contributed by atoms with Gasteiger partial charge >= 0.3 is 0 Å². The van der Waals surface area contributed by atoms with Crippen molar-refractivity contribution in [2.24, 2.45) is 5.92 Å². The van der Waals surface area contributed by atoms with E-state index in [1.165, 1.54) is 18.4 Å². The van der Waals surface area contributed by atoms with Crippen molar-refractivity contribution in [2.75, 3.05) is 24.7 Å². The summed E-state index contributed by atoms with van der Waals surface area (Å²) < 4.78 is 16.4. The smallest absolute Gasteiger partial charge is 0.239 e. The number of aliphatic hydroxyl groups excluding tert-OH is 1. The van der Waals surface area contributed by atoms with E-state index in [1.807, 2.05) is 35.8 Å². The quantitative estimate of drug-likeness (QED) is 0.483. The lowest BCUT2D eigenvalue weighted by atomic mass is 9.82. The highest BCUT2D eigenvalue weighted by Gasteiger charge is 2.26. The van der Waals surface area contributed by atoms with Crippen molar-refractivity contribution in [1.82, 2.24) is 19.7 Å². The van der Waals surface area contributed by atoms with E-state index in [2.05, 4.69) is 19.9 Å². The Bertz CT molecular complexity index is 1020. The van der Waals surface area contributed by atoms with Gasteiger partial charge < -0.3 is 14.6 Å². The maximum absolute atomic E-state index is 10.4. The monoisotopic (exact) mass is 441 g/mol. The number of ether oxygens (including phenoxy) is 2. The summed E-state index contributed by atoms with van der Waals surface area (Å²) in [6.07, 6.45) is 6.62. The molecule has 3 aromatic rings. The van der Waals surface area contributed by atoms with E-state index >= 15 is 0 Å². The topological polar surface area (TPSA) is 94.3 Å². The summed E-state index contributed by atoms with van der Waals surface area (Å²) in [6.45, 7) is 1.98. The molecule has 1 aliphatic carbocycles. The van der Waals surface area contributed by atoms with Crippen LogP contribution in [0.2, 0.25) is 0 Å². The first kappa shape index (κ1) is 21.5. The molecule has 9 heteroatoms. The third-order valence-electron chi connectivity index (χ3n) is 5.53. The summed E-state index contributed by atoms with van der Waals surface area (Å²) in [6, 6.07) is 7.61. The van der Waals surface area contributed by atoms with Gasteiger partial charge in [-0.15, -0.1) is 10.2 Å². The van der Waals surface area contributed by atoms with Crippen molar-refractivity contribution >= 4 is 17.9 Å². The van der Waals surface area contributed by atoms with E-state index in [0.29, 0.717) is 40.6 Å². The Kier molecular flexibility index (Phi) is 6.62. The van der Waals surface area contributed by atoms with Gasteiger partial charge in [0.1, 0.15) is 17.2 Å². The minimum atomic E-state index is -0.330. The molecule has 2 N–H and O–H groups in total. The number of benzene rings is 1. The number of para-hydroxylation sites is 1. The summed E-state index contributed by atoms with van der Waals surface area (Å²) in [4.78, 5) is 4.31. The first-order chi connectivity index (χ1) is 15.1. The van der Waals surface area contributed by atoms with Gasteiger partial charge in [0, 0.05) is 23.7 Å². The highest BCUT2D eigenvalue weighted by molar-refractivity contribution is 8.00. The Balaban J connectivity index is 1.73. The van der Waals surface area contributed by atoms with Crippen molar-refractivity contribution in [1.29, 1.82) is 0 Å². The molecule has 1 aromatic carbocycles. The van der Waals surface area contributed by atoms with Crippen LogP contribution in [-0.4, -0.2) is 50.9 Å². The Morgan fingerprint density at radius 1 is 1.19 bits per heavy atom. The molecule has 0 amide bonds. The maximum Gasteiger partial charge on any atom is 0.239 e. The molecular weight excluding hydrogens is 414 g/mol. The van der Waals surface area contributed by atoms with Gasteiger partial charge in [-0.2, -0.15) is 0 Å². The summed E-state index contributed by atoms with van der Waals surface area (Å²) in [7, 11) is 3.24. The van der Waals surface area contributed by atoms with Crippen LogP contribution in [-0.2, 0) is 0 Å².